The van der Waals surface area contributed by atoms with Crippen LogP contribution in [0.5, 0.6) is 0 Å². The maximum absolute atomic E-state index is 12.3. The van der Waals surface area contributed by atoms with Gasteiger partial charge in [-0.1, -0.05) is 167 Å². The summed E-state index contributed by atoms with van der Waals surface area (Å²) in [6, 6.07) is -1.10. The molecule has 0 aromatic carbocycles. The van der Waals surface area contributed by atoms with Gasteiger partial charge in [-0.3, -0.25) is 24.0 Å². The number of rotatable bonds is 47. The Morgan fingerprint density at radius 1 is 0.426 bits per heavy atom. The molecule has 0 aliphatic carbocycles. The molecule has 3 atom stereocenters. The summed E-state index contributed by atoms with van der Waals surface area (Å²) >= 11 is 0. The number of unbranched alkanes of at least 4 members (excludes halogenated alkanes) is 27. The molecule has 0 rings (SSSR count). The summed E-state index contributed by atoms with van der Waals surface area (Å²) in [5.74, 6) is -2.51. The highest BCUT2D eigenvalue weighted by molar-refractivity contribution is 5.75. The van der Waals surface area contributed by atoms with Crippen molar-refractivity contribution in [2.75, 3.05) is 13.2 Å². The molecular formula is C49H91NO11. The van der Waals surface area contributed by atoms with Crippen LogP contribution in [-0.2, 0) is 38.2 Å². The lowest BCUT2D eigenvalue weighted by Crippen LogP contribution is -2.33. The van der Waals surface area contributed by atoms with Crippen molar-refractivity contribution < 1.29 is 53.5 Å². The van der Waals surface area contributed by atoms with E-state index in [0.29, 0.717) is 38.9 Å². The highest BCUT2D eigenvalue weighted by atomic mass is 16.6. The molecule has 0 aromatic rings. The second kappa shape index (κ2) is 43.9. The second-order valence-electron chi connectivity index (χ2n) is 17.3. The van der Waals surface area contributed by atoms with Crippen LogP contribution >= 0.6 is 0 Å². The third-order valence-corrected chi connectivity index (χ3v) is 11.5. The Labute approximate surface area is 370 Å². The first-order chi connectivity index (χ1) is 29.6. The number of carbonyl (C=O) groups excluding carboxylic acids is 3. The Kier molecular flexibility index (Phi) is 41.9. The van der Waals surface area contributed by atoms with Crippen LogP contribution in [0.1, 0.15) is 251 Å². The van der Waals surface area contributed by atoms with Gasteiger partial charge in [-0.15, -0.1) is 0 Å². The molecule has 0 heterocycles. The van der Waals surface area contributed by atoms with Gasteiger partial charge in [-0.05, 0) is 57.8 Å². The smallest absolute Gasteiger partial charge is 0.320 e. The number of aliphatic carboxylic acids is 2. The molecule has 0 aromatic heterocycles. The second-order valence-corrected chi connectivity index (χ2v) is 17.3. The fourth-order valence-corrected chi connectivity index (χ4v) is 7.51. The number of aliphatic hydroxyl groups is 1. The molecule has 0 radical (unpaired) electrons. The third kappa shape index (κ3) is 42.4. The van der Waals surface area contributed by atoms with E-state index in [0.717, 1.165) is 135 Å². The molecular weight excluding hydrogens is 779 g/mol. The Morgan fingerprint density at radius 2 is 0.787 bits per heavy atom. The number of nitrogens with two attached hydrogens (primary N) is 1. The topological polar surface area (TPSA) is 200 Å². The van der Waals surface area contributed by atoms with Crippen LogP contribution in [0.3, 0.4) is 0 Å². The van der Waals surface area contributed by atoms with E-state index in [-0.39, 0.29) is 31.2 Å². The lowest BCUT2D eigenvalue weighted by Gasteiger charge is -2.23. The summed E-state index contributed by atoms with van der Waals surface area (Å²) in [4.78, 5) is 57.7. The van der Waals surface area contributed by atoms with Crippen molar-refractivity contribution >= 4 is 29.8 Å². The fraction of sp³-hybridized carbons (Fsp3) is 0.898. The number of ether oxygens (including phenoxy) is 3. The maximum Gasteiger partial charge on any atom is 0.320 e. The minimum Gasteiger partial charge on any atom is -0.481 e. The van der Waals surface area contributed by atoms with Crippen molar-refractivity contribution in [1.29, 1.82) is 0 Å². The molecule has 12 heteroatoms. The summed E-state index contributed by atoms with van der Waals surface area (Å²) in [5, 5.41) is 28.3. The van der Waals surface area contributed by atoms with Gasteiger partial charge in [0.15, 0.2) is 0 Å². The van der Waals surface area contributed by atoms with E-state index in [1.807, 2.05) is 0 Å². The zero-order chi connectivity index (χ0) is 45.0. The normalized spacial score (nSPS) is 12.8. The predicted octanol–water partition coefficient (Wildman–Crippen LogP) is 11.7. The van der Waals surface area contributed by atoms with Gasteiger partial charge in [0, 0.05) is 25.7 Å². The van der Waals surface area contributed by atoms with E-state index in [1.54, 1.807) is 0 Å². The molecule has 2 unspecified atom stereocenters. The van der Waals surface area contributed by atoms with Crippen LogP contribution in [0.4, 0.5) is 0 Å². The lowest BCUT2D eigenvalue weighted by atomic mass is 9.99. The van der Waals surface area contributed by atoms with Gasteiger partial charge in [0.25, 0.3) is 0 Å². The monoisotopic (exact) mass is 870 g/mol. The quantitative estimate of drug-likeness (QED) is 0.0257. The van der Waals surface area contributed by atoms with Gasteiger partial charge in [0.1, 0.15) is 12.1 Å². The van der Waals surface area contributed by atoms with Crippen LogP contribution in [0.2, 0.25) is 0 Å². The summed E-state index contributed by atoms with van der Waals surface area (Å²) in [6.07, 6.45) is 34.4. The van der Waals surface area contributed by atoms with Gasteiger partial charge in [0.2, 0.25) is 0 Å². The Hall–Kier alpha value is -2.73. The van der Waals surface area contributed by atoms with Crippen LogP contribution in [0.15, 0.2) is 0 Å². The van der Waals surface area contributed by atoms with Crippen molar-refractivity contribution in [2.24, 2.45) is 5.73 Å². The van der Waals surface area contributed by atoms with Crippen molar-refractivity contribution in [3.8, 4) is 0 Å². The van der Waals surface area contributed by atoms with E-state index < -0.39 is 36.2 Å². The molecule has 358 valence electrons. The van der Waals surface area contributed by atoms with Gasteiger partial charge in [0.05, 0.1) is 19.3 Å². The first-order valence-electron chi connectivity index (χ1n) is 25.0. The number of carboxylic acid groups (broad SMARTS) is 2. The SMILES string of the molecule is CCCCCC(OC(=O)CC[C@@H](N)C(=O)O)C(O)CCCCCCCCCCC(=O)OCCCCCCCCCCCCOC(=O)CCCCCCCCCCCCC(=O)O. The number of carbonyl (C=O) groups is 5. The van der Waals surface area contributed by atoms with E-state index in [1.165, 1.54) is 64.2 Å². The molecule has 0 amide bonds. The molecule has 0 bridgehead atoms. The average Bonchev–Trinajstić information content (AvgIpc) is 3.23. The predicted molar refractivity (Wildman–Crippen MR) is 242 cm³/mol. The maximum atomic E-state index is 12.3. The number of carboxylic acids is 2. The Balaban J connectivity index is 3.54. The zero-order valence-electron chi connectivity index (χ0n) is 38.7. The van der Waals surface area contributed by atoms with Crippen LogP contribution < -0.4 is 5.73 Å². The van der Waals surface area contributed by atoms with Crippen LogP contribution in [0, 0.1) is 0 Å². The van der Waals surface area contributed by atoms with Crippen molar-refractivity contribution in [1.82, 2.24) is 0 Å². The van der Waals surface area contributed by atoms with Crippen LogP contribution in [-0.4, -0.2) is 76.6 Å². The van der Waals surface area contributed by atoms with Crippen molar-refractivity contribution in [2.45, 2.75) is 269 Å². The highest BCUT2D eigenvalue weighted by Crippen LogP contribution is 2.19. The number of hydrogen-bond acceptors (Lipinski definition) is 10. The molecule has 12 nitrogen and oxygen atoms in total. The standard InChI is InChI=1S/C49H91NO11/c1-2-3-26-34-44(61-48(56)39-38-42(50)49(57)58)43(51)33-27-20-14-10-11-17-23-30-37-47(55)60-41-32-25-19-13-7-6-12-18-24-31-40-59-46(54)36-29-22-16-9-5-4-8-15-21-28-35-45(52)53/h42-44,51H,2-41,50H2,1H3,(H,52,53)(H,57,58)/t42-,43?,44?/m1/s1. The largest absolute Gasteiger partial charge is 0.481 e. The fourth-order valence-electron chi connectivity index (χ4n) is 7.51. The molecule has 0 spiro atoms. The lowest BCUT2D eigenvalue weighted by molar-refractivity contribution is -0.156. The number of hydrogen-bond donors (Lipinski definition) is 4. The Morgan fingerprint density at radius 3 is 1.18 bits per heavy atom. The average molecular weight is 870 g/mol. The van der Waals surface area contributed by atoms with Gasteiger partial charge in [-0.25, -0.2) is 0 Å². The minimum absolute atomic E-state index is 0.0117. The highest BCUT2D eigenvalue weighted by Gasteiger charge is 2.24. The van der Waals surface area contributed by atoms with Crippen molar-refractivity contribution in [3.63, 3.8) is 0 Å². The molecule has 61 heavy (non-hydrogen) atoms. The molecule has 0 saturated carbocycles. The van der Waals surface area contributed by atoms with E-state index in [9.17, 15) is 29.1 Å². The van der Waals surface area contributed by atoms with E-state index in [4.69, 9.17) is 30.2 Å². The van der Waals surface area contributed by atoms with Gasteiger partial charge >= 0.3 is 29.8 Å². The summed E-state index contributed by atoms with van der Waals surface area (Å²) in [5.41, 5.74) is 5.49. The first kappa shape index (κ1) is 58.3. The molecule has 0 aliphatic heterocycles. The number of esters is 3. The molecule has 0 fully saturated rings. The van der Waals surface area contributed by atoms with Crippen LogP contribution in [0.25, 0.3) is 0 Å². The number of aliphatic hydroxyl groups excluding tert-OH is 1. The third-order valence-electron chi connectivity index (χ3n) is 11.5. The molecule has 0 saturated heterocycles. The van der Waals surface area contributed by atoms with E-state index in [2.05, 4.69) is 6.92 Å². The summed E-state index contributed by atoms with van der Waals surface area (Å²) in [6.45, 7) is 3.15. The minimum atomic E-state index is -1.15. The Bertz CT molecular complexity index is 1070. The van der Waals surface area contributed by atoms with Gasteiger partial charge in [-0.2, -0.15) is 0 Å². The zero-order valence-corrected chi connectivity index (χ0v) is 38.7. The first-order valence-corrected chi connectivity index (χ1v) is 25.0. The molecule has 0 aliphatic rings. The molecule has 5 N–H and O–H groups in total. The van der Waals surface area contributed by atoms with E-state index >= 15 is 0 Å². The van der Waals surface area contributed by atoms with Gasteiger partial charge < -0.3 is 35.3 Å². The summed E-state index contributed by atoms with van der Waals surface area (Å²) in [7, 11) is 0. The van der Waals surface area contributed by atoms with Crippen molar-refractivity contribution in [3.05, 3.63) is 0 Å². The summed E-state index contributed by atoms with van der Waals surface area (Å²) < 4.78 is 16.4.